The lowest BCUT2D eigenvalue weighted by molar-refractivity contribution is -0.148. The Morgan fingerprint density at radius 1 is 0.794 bits per heavy atom. The van der Waals surface area contributed by atoms with E-state index < -0.39 is 0 Å². The van der Waals surface area contributed by atoms with Crippen molar-refractivity contribution in [3.63, 3.8) is 0 Å². The van der Waals surface area contributed by atoms with E-state index in [-0.39, 0.29) is 18.5 Å². The quantitative estimate of drug-likeness (QED) is 0.148. The second-order valence-electron chi connectivity index (χ2n) is 9.43. The first-order valence-electron chi connectivity index (χ1n) is 13.6. The summed E-state index contributed by atoms with van der Waals surface area (Å²) in [5.74, 6) is 0.180. The van der Waals surface area contributed by atoms with Crippen LogP contribution in [-0.2, 0) is 20.9 Å². The van der Waals surface area contributed by atoms with E-state index >= 15 is 0 Å². The number of esters is 1. The van der Waals surface area contributed by atoms with E-state index in [2.05, 4.69) is 12.2 Å². The standard InChI is InChI=1S/C29H49NO4/c1-4-5-6-7-8-9-10-11-12-13-14-15-16-17-18-19-29(32)34-24-28(31)30-23-26-22-27(33-3)21-20-25(26)2/h20-22H,4-19,23-24H2,1-3H3,(H,30,31). The molecule has 0 aliphatic heterocycles. The number of unbranched alkanes of at least 4 members (excludes halogenated alkanes) is 14. The first kappa shape index (κ1) is 30.0. The van der Waals surface area contributed by atoms with Crippen molar-refractivity contribution in [1.82, 2.24) is 5.32 Å². The number of hydrogen-bond donors (Lipinski definition) is 1. The first-order valence-corrected chi connectivity index (χ1v) is 13.6. The van der Waals surface area contributed by atoms with Crippen molar-refractivity contribution in [3.05, 3.63) is 29.3 Å². The molecule has 0 aliphatic rings. The Morgan fingerprint density at radius 3 is 1.85 bits per heavy atom. The summed E-state index contributed by atoms with van der Waals surface area (Å²) in [4.78, 5) is 23.9. The highest BCUT2D eigenvalue weighted by molar-refractivity contribution is 5.80. The molecular formula is C29H49NO4. The number of rotatable bonds is 21. The van der Waals surface area contributed by atoms with Crippen LogP contribution in [0.4, 0.5) is 0 Å². The molecule has 0 radical (unpaired) electrons. The van der Waals surface area contributed by atoms with Crippen LogP contribution in [0.2, 0.25) is 0 Å². The molecule has 1 aromatic rings. The Kier molecular flexibility index (Phi) is 17.9. The lowest BCUT2D eigenvalue weighted by atomic mass is 10.0. The molecule has 0 fully saturated rings. The summed E-state index contributed by atoms with van der Waals surface area (Å²) >= 11 is 0. The lowest BCUT2D eigenvalue weighted by Gasteiger charge is -2.10. The van der Waals surface area contributed by atoms with Crippen molar-refractivity contribution < 1.29 is 19.1 Å². The fraction of sp³-hybridized carbons (Fsp3) is 0.724. The van der Waals surface area contributed by atoms with Gasteiger partial charge in [0, 0.05) is 13.0 Å². The normalized spacial score (nSPS) is 10.8. The predicted octanol–water partition coefficient (Wildman–Crippen LogP) is 7.42. The topological polar surface area (TPSA) is 64.6 Å². The number of nitrogens with one attached hydrogen (secondary N) is 1. The Hall–Kier alpha value is -2.04. The number of carbonyl (C=O) groups is 2. The molecule has 0 saturated carbocycles. The minimum Gasteiger partial charge on any atom is -0.497 e. The fourth-order valence-electron chi connectivity index (χ4n) is 4.07. The maximum atomic E-state index is 12.0. The van der Waals surface area contributed by atoms with Gasteiger partial charge in [-0.2, -0.15) is 0 Å². The molecule has 1 N–H and O–H groups in total. The van der Waals surface area contributed by atoms with Gasteiger partial charge in [-0.15, -0.1) is 0 Å². The van der Waals surface area contributed by atoms with Crippen LogP contribution in [-0.4, -0.2) is 25.6 Å². The van der Waals surface area contributed by atoms with Gasteiger partial charge in [-0.05, 0) is 36.6 Å². The molecule has 194 valence electrons. The molecule has 1 amide bonds. The first-order chi connectivity index (χ1) is 16.6. The van der Waals surface area contributed by atoms with Crippen LogP contribution in [0.25, 0.3) is 0 Å². The summed E-state index contributed by atoms with van der Waals surface area (Å²) in [6.45, 7) is 4.42. The zero-order valence-corrected chi connectivity index (χ0v) is 22.1. The van der Waals surface area contributed by atoms with Crippen LogP contribution in [0.15, 0.2) is 18.2 Å². The molecule has 1 rings (SSSR count). The molecule has 5 heteroatoms. The van der Waals surface area contributed by atoms with Gasteiger partial charge in [0.05, 0.1) is 7.11 Å². The number of amides is 1. The summed E-state index contributed by atoms with van der Waals surface area (Å²) in [5, 5.41) is 2.80. The number of carbonyl (C=O) groups excluding carboxylic acids is 2. The van der Waals surface area contributed by atoms with Crippen LogP contribution >= 0.6 is 0 Å². The van der Waals surface area contributed by atoms with Gasteiger partial charge in [-0.3, -0.25) is 9.59 Å². The van der Waals surface area contributed by atoms with Crippen molar-refractivity contribution in [2.24, 2.45) is 0 Å². The highest BCUT2D eigenvalue weighted by atomic mass is 16.5. The molecule has 0 heterocycles. The van der Waals surface area contributed by atoms with Crippen LogP contribution in [0.5, 0.6) is 5.75 Å². The number of hydrogen-bond acceptors (Lipinski definition) is 4. The third-order valence-corrected chi connectivity index (χ3v) is 6.38. The Balaban J connectivity index is 1.92. The van der Waals surface area contributed by atoms with E-state index in [1.807, 2.05) is 25.1 Å². The third kappa shape index (κ3) is 15.7. The molecule has 0 aliphatic carbocycles. The molecule has 0 saturated heterocycles. The van der Waals surface area contributed by atoms with Gasteiger partial charge in [0.2, 0.25) is 0 Å². The summed E-state index contributed by atoms with van der Waals surface area (Å²) in [6, 6.07) is 5.75. The molecule has 34 heavy (non-hydrogen) atoms. The average molecular weight is 476 g/mol. The van der Waals surface area contributed by atoms with E-state index in [4.69, 9.17) is 9.47 Å². The summed E-state index contributed by atoms with van der Waals surface area (Å²) in [6.07, 6.45) is 19.8. The molecular weight excluding hydrogens is 426 g/mol. The van der Waals surface area contributed by atoms with Crippen LogP contribution < -0.4 is 10.1 Å². The highest BCUT2D eigenvalue weighted by Gasteiger charge is 2.08. The Morgan fingerprint density at radius 2 is 1.32 bits per heavy atom. The maximum absolute atomic E-state index is 12.0. The van der Waals surface area contributed by atoms with E-state index in [9.17, 15) is 9.59 Å². The van der Waals surface area contributed by atoms with E-state index in [1.54, 1.807) is 7.11 Å². The molecule has 0 spiro atoms. The number of aryl methyl sites for hydroxylation is 1. The SMILES string of the molecule is CCCCCCCCCCCCCCCCCC(=O)OCC(=O)NCc1cc(OC)ccc1C. The minimum atomic E-state index is -0.289. The monoisotopic (exact) mass is 475 g/mol. The Labute approximate surface area is 208 Å². The second-order valence-corrected chi connectivity index (χ2v) is 9.43. The van der Waals surface area contributed by atoms with Crippen molar-refractivity contribution in [2.45, 2.75) is 123 Å². The van der Waals surface area contributed by atoms with Crippen molar-refractivity contribution in [3.8, 4) is 5.75 Å². The molecule has 0 bridgehead atoms. The second kappa shape index (κ2) is 20.3. The van der Waals surface area contributed by atoms with Gasteiger partial charge in [-0.25, -0.2) is 0 Å². The third-order valence-electron chi connectivity index (χ3n) is 6.38. The fourth-order valence-corrected chi connectivity index (χ4v) is 4.07. The number of ether oxygens (including phenoxy) is 2. The van der Waals surface area contributed by atoms with Crippen LogP contribution in [0.1, 0.15) is 121 Å². The minimum absolute atomic E-state index is 0.222. The Bertz CT molecular complexity index is 674. The van der Waals surface area contributed by atoms with E-state index in [0.29, 0.717) is 13.0 Å². The smallest absolute Gasteiger partial charge is 0.306 e. The molecule has 0 atom stereocenters. The van der Waals surface area contributed by atoms with Crippen LogP contribution in [0.3, 0.4) is 0 Å². The van der Waals surface area contributed by atoms with Gasteiger partial charge in [-0.1, -0.05) is 103 Å². The van der Waals surface area contributed by atoms with Crippen molar-refractivity contribution in [1.29, 1.82) is 0 Å². The summed E-state index contributed by atoms with van der Waals surface area (Å²) < 4.78 is 10.3. The maximum Gasteiger partial charge on any atom is 0.306 e. The summed E-state index contributed by atoms with van der Waals surface area (Å²) in [5.41, 5.74) is 2.06. The lowest BCUT2D eigenvalue weighted by Crippen LogP contribution is -2.28. The summed E-state index contributed by atoms with van der Waals surface area (Å²) in [7, 11) is 1.62. The zero-order chi connectivity index (χ0) is 24.9. The zero-order valence-electron chi connectivity index (χ0n) is 22.1. The van der Waals surface area contributed by atoms with Gasteiger partial charge in [0.1, 0.15) is 5.75 Å². The number of methoxy groups -OCH3 is 1. The van der Waals surface area contributed by atoms with E-state index in [0.717, 1.165) is 29.7 Å². The van der Waals surface area contributed by atoms with Gasteiger partial charge < -0.3 is 14.8 Å². The van der Waals surface area contributed by atoms with Gasteiger partial charge >= 0.3 is 5.97 Å². The number of benzene rings is 1. The van der Waals surface area contributed by atoms with Crippen molar-refractivity contribution >= 4 is 11.9 Å². The highest BCUT2D eigenvalue weighted by Crippen LogP contribution is 2.17. The van der Waals surface area contributed by atoms with Gasteiger partial charge in [0.25, 0.3) is 5.91 Å². The van der Waals surface area contributed by atoms with E-state index in [1.165, 1.54) is 83.5 Å². The molecule has 1 aromatic carbocycles. The molecule has 5 nitrogen and oxygen atoms in total. The largest absolute Gasteiger partial charge is 0.497 e. The van der Waals surface area contributed by atoms with Crippen LogP contribution in [0, 0.1) is 6.92 Å². The van der Waals surface area contributed by atoms with Crippen molar-refractivity contribution in [2.75, 3.05) is 13.7 Å². The van der Waals surface area contributed by atoms with Gasteiger partial charge in [0.15, 0.2) is 6.61 Å². The molecule has 0 unspecified atom stereocenters. The molecule has 0 aromatic heterocycles. The average Bonchev–Trinajstić information content (AvgIpc) is 2.84. The predicted molar refractivity (Wildman–Crippen MR) is 140 cm³/mol.